The molecule has 0 aromatic carbocycles. The van der Waals surface area contributed by atoms with Crippen LogP contribution in [0.25, 0.3) is 0 Å². The van der Waals surface area contributed by atoms with E-state index in [1.54, 1.807) is 4.90 Å². The van der Waals surface area contributed by atoms with Crippen LogP contribution in [0.1, 0.15) is 37.7 Å². The number of hydrogen-bond acceptors (Lipinski definition) is 2. The Kier molecular flexibility index (Phi) is 3.18. The van der Waals surface area contributed by atoms with E-state index in [1.807, 2.05) is 19.1 Å². The Labute approximate surface area is 107 Å². The van der Waals surface area contributed by atoms with Crippen LogP contribution < -0.4 is 0 Å². The number of aryl methyl sites for hydroxylation is 1. The minimum atomic E-state index is -2.50. The fourth-order valence-corrected chi connectivity index (χ4v) is 2.32. The monoisotopic (exact) mass is 254 g/mol. The molecule has 2 heterocycles. The number of likely N-dealkylation sites (tertiary alicyclic amines) is 1. The molecular formula is C14H20F2N2. The first-order valence-electron chi connectivity index (χ1n) is 6.25. The van der Waals surface area contributed by atoms with Crippen molar-refractivity contribution in [2.24, 2.45) is 0 Å². The number of aromatic nitrogens is 1. The van der Waals surface area contributed by atoms with Crippen molar-refractivity contribution in [1.82, 2.24) is 9.88 Å². The summed E-state index contributed by atoms with van der Waals surface area (Å²) < 4.78 is 25.7. The topological polar surface area (TPSA) is 16.1 Å². The SMILES string of the molecule is Cc1ccc(CN2CC(F)(F)C2)c(C(C)(C)C)n1. The quantitative estimate of drug-likeness (QED) is 0.806. The first-order chi connectivity index (χ1) is 8.17. The smallest absolute Gasteiger partial charge is 0.272 e. The summed E-state index contributed by atoms with van der Waals surface area (Å²) in [6.45, 7) is 8.55. The average molecular weight is 254 g/mol. The van der Waals surface area contributed by atoms with Crippen molar-refractivity contribution in [2.45, 2.75) is 45.6 Å². The molecule has 0 spiro atoms. The second-order valence-corrected chi connectivity index (χ2v) is 6.21. The van der Waals surface area contributed by atoms with Gasteiger partial charge in [0, 0.05) is 17.7 Å². The molecule has 0 atom stereocenters. The molecule has 0 radical (unpaired) electrons. The van der Waals surface area contributed by atoms with Crippen LogP contribution in [0, 0.1) is 6.92 Å². The summed E-state index contributed by atoms with van der Waals surface area (Å²) >= 11 is 0. The maximum atomic E-state index is 12.8. The van der Waals surface area contributed by atoms with E-state index in [0.29, 0.717) is 6.54 Å². The first-order valence-corrected chi connectivity index (χ1v) is 6.25. The average Bonchev–Trinajstić information content (AvgIpc) is 2.16. The molecule has 4 heteroatoms. The lowest BCUT2D eigenvalue weighted by atomic mass is 9.87. The van der Waals surface area contributed by atoms with Gasteiger partial charge in [0.2, 0.25) is 0 Å². The van der Waals surface area contributed by atoms with Crippen LogP contribution in [-0.4, -0.2) is 28.9 Å². The standard InChI is InChI=1S/C14H20F2N2/c1-10-5-6-11(12(17-10)13(2,3)4)7-18-8-14(15,16)9-18/h5-6H,7-9H2,1-4H3. The molecular weight excluding hydrogens is 234 g/mol. The molecule has 2 rings (SSSR count). The number of halogens is 2. The second kappa shape index (κ2) is 4.26. The van der Waals surface area contributed by atoms with E-state index < -0.39 is 5.92 Å². The highest BCUT2D eigenvalue weighted by atomic mass is 19.3. The van der Waals surface area contributed by atoms with Gasteiger partial charge in [0.25, 0.3) is 5.92 Å². The van der Waals surface area contributed by atoms with Gasteiger partial charge in [-0.2, -0.15) is 0 Å². The summed E-state index contributed by atoms with van der Waals surface area (Å²) in [6, 6.07) is 3.96. The second-order valence-electron chi connectivity index (χ2n) is 6.21. The van der Waals surface area contributed by atoms with E-state index in [-0.39, 0.29) is 18.5 Å². The highest BCUT2D eigenvalue weighted by Crippen LogP contribution is 2.31. The third-order valence-electron chi connectivity index (χ3n) is 3.13. The van der Waals surface area contributed by atoms with Gasteiger partial charge in [-0.15, -0.1) is 0 Å². The van der Waals surface area contributed by atoms with Gasteiger partial charge in [-0.3, -0.25) is 9.88 Å². The number of hydrogen-bond donors (Lipinski definition) is 0. The predicted octanol–water partition coefficient (Wildman–Crippen LogP) is 3.14. The molecule has 1 aliphatic rings. The molecule has 0 aliphatic carbocycles. The highest BCUT2D eigenvalue weighted by Gasteiger charge is 2.43. The lowest BCUT2D eigenvalue weighted by Gasteiger charge is -2.39. The minimum Gasteiger partial charge on any atom is -0.287 e. The molecule has 0 saturated carbocycles. The predicted molar refractivity (Wildman–Crippen MR) is 67.9 cm³/mol. The van der Waals surface area contributed by atoms with E-state index in [1.165, 1.54) is 0 Å². The van der Waals surface area contributed by atoms with Gasteiger partial charge in [0.15, 0.2) is 0 Å². The molecule has 100 valence electrons. The molecule has 0 bridgehead atoms. The summed E-state index contributed by atoms with van der Waals surface area (Å²) in [7, 11) is 0. The third-order valence-corrected chi connectivity index (χ3v) is 3.13. The van der Waals surface area contributed by atoms with E-state index >= 15 is 0 Å². The molecule has 18 heavy (non-hydrogen) atoms. The summed E-state index contributed by atoms with van der Waals surface area (Å²) in [5, 5.41) is 0. The zero-order valence-electron chi connectivity index (χ0n) is 11.4. The molecule has 2 nitrogen and oxygen atoms in total. The maximum Gasteiger partial charge on any atom is 0.272 e. The number of rotatable bonds is 2. The van der Waals surface area contributed by atoms with Crippen molar-refractivity contribution in [3.8, 4) is 0 Å². The van der Waals surface area contributed by atoms with Crippen LogP contribution in [0.15, 0.2) is 12.1 Å². The lowest BCUT2D eigenvalue weighted by Crippen LogP contribution is -2.55. The minimum absolute atomic E-state index is 0.0608. The fraction of sp³-hybridized carbons (Fsp3) is 0.643. The fourth-order valence-electron chi connectivity index (χ4n) is 2.32. The van der Waals surface area contributed by atoms with Gasteiger partial charge in [-0.25, -0.2) is 8.78 Å². The van der Waals surface area contributed by atoms with Crippen molar-refractivity contribution < 1.29 is 8.78 Å². The summed E-state index contributed by atoms with van der Waals surface area (Å²) in [5.74, 6) is -2.50. The molecule has 1 aromatic rings. The molecule has 0 N–H and O–H groups in total. The van der Waals surface area contributed by atoms with Crippen LogP contribution in [0.4, 0.5) is 8.78 Å². The van der Waals surface area contributed by atoms with Crippen molar-refractivity contribution >= 4 is 0 Å². The van der Waals surface area contributed by atoms with E-state index in [4.69, 9.17) is 0 Å². The zero-order valence-corrected chi connectivity index (χ0v) is 11.4. The Morgan fingerprint density at radius 3 is 2.39 bits per heavy atom. The Balaban J connectivity index is 2.18. The van der Waals surface area contributed by atoms with Crippen molar-refractivity contribution in [3.63, 3.8) is 0 Å². The van der Waals surface area contributed by atoms with Crippen LogP contribution in [0.3, 0.4) is 0 Å². The van der Waals surface area contributed by atoms with Crippen LogP contribution in [0.5, 0.6) is 0 Å². The Bertz CT molecular complexity index is 442. The largest absolute Gasteiger partial charge is 0.287 e. The normalized spacial score (nSPS) is 19.7. The van der Waals surface area contributed by atoms with Crippen LogP contribution >= 0.6 is 0 Å². The molecule has 1 fully saturated rings. The van der Waals surface area contributed by atoms with Crippen molar-refractivity contribution in [3.05, 3.63) is 29.1 Å². The van der Waals surface area contributed by atoms with Crippen LogP contribution in [-0.2, 0) is 12.0 Å². The number of pyridine rings is 1. The number of nitrogens with zero attached hydrogens (tertiary/aromatic N) is 2. The van der Waals surface area contributed by atoms with Crippen LogP contribution in [0.2, 0.25) is 0 Å². The van der Waals surface area contributed by atoms with E-state index in [9.17, 15) is 8.78 Å². The Morgan fingerprint density at radius 2 is 1.89 bits per heavy atom. The Hall–Kier alpha value is -1.03. The van der Waals surface area contributed by atoms with Gasteiger partial charge >= 0.3 is 0 Å². The summed E-state index contributed by atoms with van der Waals surface area (Å²) in [4.78, 5) is 6.34. The van der Waals surface area contributed by atoms with Crippen molar-refractivity contribution in [2.75, 3.05) is 13.1 Å². The van der Waals surface area contributed by atoms with Gasteiger partial charge < -0.3 is 0 Å². The molecule has 1 aliphatic heterocycles. The highest BCUT2D eigenvalue weighted by molar-refractivity contribution is 5.28. The van der Waals surface area contributed by atoms with Gasteiger partial charge in [0.1, 0.15) is 0 Å². The zero-order chi connectivity index (χ0) is 13.6. The molecule has 0 unspecified atom stereocenters. The first kappa shape index (κ1) is 13.4. The molecule has 1 saturated heterocycles. The van der Waals surface area contributed by atoms with E-state index in [2.05, 4.69) is 25.8 Å². The van der Waals surface area contributed by atoms with Gasteiger partial charge in [-0.1, -0.05) is 26.8 Å². The summed E-state index contributed by atoms with van der Waals surface area (Å²) in [5.41, 5.74) is 2.98. The van der Waals surface area contributed by atoms with E-state index in [0.717, 1.165) is 17.0 Å². The molecule has 0 amide bonds. The third kappa shape index (κ3) is 2.86. The maximum absolute atomic E-state index is 12.8. The van der Waals surface area contributed by atoms with Gasteiger partial charge in [0.05, 0.1) is 18.8 Å². The lowest BCUT2D eigenvalue weighted by molar-refractivity contribution is -0.134. The summed E-state index contributed by atoms with van der Waals surface area (Å²) in [6.07, 6.45) is 0. The Morgan fingerprint density at radius 1 is 1.28 bits per heavy atom. The van der Waals surface area contributed by atoms with Crippen molar-refractivity contribution in [1.29, 1.82) is 0 Å². The van der Waals surface area contributed by atoms with Gasteiger partial charge in [-0.05, 0) is 18.6 Å². The molecule has 1 aromatic heterocycles. The number of alkyl halides is 2.